The summed E-state index contributed by atoms with van der Waals surface area (Å²) in [5.74, 6) is -1.28. The third-order valence-corrected chi connectivity index (χ3v) is 9.97. The minimum absolute atomic E-state index is 0.0790. The topological polar surface area (TPSA) is 86.8 Å². The summed E-state index contributed by atoms with van der Waals surface area (Å²) in [7, 11) is -4.35. The molecule has 0 heterocycles. The number of sulfonamides is 1. The van der Waals surface area contributed by atoms with Gasteiger partial charge in [-0.2, -0.15) is 13.2 Å². The first-order valence-corrected chi connectivity index (χ1v) is 17.5. The van der Waals surface area contributed by atoms with E-state index in [2.05, 4.69) is 5.32 Å². The zero-order valence-corrected chi connectivity index (χ0v) is 28.0. The highest BCUT2D eigenvalue weighted by molar-refractivity contribution is 7.92. The normalized spacial score (nSPS) is 14.8. The maximum Gasteiger partial charge on any atom is 0.416 e. The second kappa shape index (κ2) is 15.3. The van der Waals surface area contributed by atoms with Crippen molar-refractivity contribution in [3.05, 3.63) is 98.5 Å². The van der Waals surface area contributed by atoms with E-state index in [1.807, 2.05) is 6.07 Å². The van der Waals surface area contributed by atoms with E-state index >= 15 is 0 Å². The first-order chi connectivity index (χ1) is 21.6. The molecule has 0 bridgehead atoms. The highest BCUT2D eigenvalue weighted by atomic mass is 35.5. The Morgan fingerprint density at radius 2 is 1.54 bits per heavy atom. The standard InChI is InChI=1S/C32H33Cl3F3N3O4S/c1-46(44,45)41(28-18-23(32(36,37)38)13-15-26(28)34)20-30(42)40(19-22-12-14-25(33)27(35)16-22)29(17-21-8-4-2-5-9-21)31(43)39-24-10-6-3-7-11-24/h2,4-5,8-9,12-16,18,24,29H,3,6-7,10-11,17,19-20H2,1H3,(H,39,43). The van der Waals surface area contributed by atoms with Gasteiger partial charge in [0.25, 0.3) is 0 Å². The number of amides is 2. The number of carbonyl (C=O) groups excluding carboxylic acids is 2. The van der Waals surface area contributed by atoms with Crippen LogP contribution < -0.4 is 9.62 Å². The molecule has 1 N–H and O–H groups in total. The summed E-state index contributed by atoms with van der Waals surface area (Å²) in [6, 6.07) is 14.7. The molecular formula is C32H33Cl3F3N3O4S. The molecule has 4 rings (SSSR count). The lowest BCUT2D eigenvalue weighted by atomic mass is 9.94. The van der Waals surface area contributed by atoms with Gasteiger partial charge in [0, 0.05) is 19.0 Å². The summed E-state index contributed by atoms with van der Waals surface area (Å²) in [5.41, 5.74) is -0.434. The van der Waals surface area contributed by atoms with Gasteiger partial charge in [-0.25, -0.2) is 8.42 Å². The number of nitrogens with zero attached hydrogens (tertiary/aromatic N) is 2. The predicted octanol–water partition coefficient (Wildman–Crippen LogP) is 7.52. The Kier molecular flexibility index (Phi) is 11.9. The third-order valence-electron chi connectivity index (χ3n) is 7.78. The van der Waals surface area contributed by atoms with E-state index in [0.29, 0.717) is 15.9 Å². The molecule has 1 atom stereocenters. The Morgan fingerprint density at radius 1 is 0.891 bits per heavy atom. The summed E-state index contributed by atoms with van der Waals surface area (Å²) in [6.07, 6.45) is 0.544. The molecule has 1 fully saturated rings. The number of carbonyl (C=O) groups is 2. The fraction of sp³-hybridized carbons (Fsp3) is 0.375. The van der Waals surface area contributed by atoms with Gasteiger partial charge in [0.2, 0.25) is 21.8 Å². The van der Waals surface area contributed by atoms with E-state index in [4.69, 9.17) is 34.8 Å². The van der Waals surface area contributed by atoms with Crippen LogP contribution in [-0.4, -0.2) is 50.0 Å². The molecule has 0 spiro atoms. The highest BCUT2D eigenvalue weighted by Gasteiger charge is 2.36. The number of anilines is 1. The molecule has 0 aromatic heterocycles. The fourth-order valence-corrected chi connectivity index (χ4v) is 6.85. The molecule has 7 nitrogen and oxygen atoms in total. The first kappa shape index (κ1) is 35.9. The van der Waals surface area contributed by atoms with Crippen LogP contribution in [0.3, 0.4) is 0 Å². The Morgan fingerprint density at radius 3 is 2.15 bits per heavy atom. The third kappa shape index (κ3) is 9.53. The van der Waals surface area contributed by atoms with Crippen LogP contribution in [0, 0.1) is 0 Å². The molecule has 1 unspecified atom stereocenters. The van der Waals surface area contributed by atoms with Crippen LogP contribution in [0.5, 0.6) is 0 Å². The van der Waals surface area contributed by atoms with Crippen molar-refractivity contribution < 1.29 is 31.2 Å². The SMILES string of the molecule is CS(=O)(=O)N(CC(=O)N(Cc1ccc(Cl)c(Cl)c1)C(Cc1ccccc1)C(=O)NC1CCCCC1)c1cc(C(F)(F)F)ccc1Cl. The summed E-state index contributed by atoms with van der Waals surface area (Å²) in [5, 5.41) is 3.23. The number of hydrogen-bond donors (Lipinski definition) is 1. The number of hydrogen-bond acceptors (Lipinski definition) is 4. The average Bonchev–Trinajstić information content (AvgIpc) is 2.99. The Balaban J connectivity index is 1.78. The number of halogens is 6. The van der Waals surface area contributed by atoms with Gasteiger partial charge >= 0.3 is 6.18 Å². The lowest BCUT2D eigenvalue weighted by Gasteiger charge is -2.35. The van der Waals surface area contributed by atoms with E-state index in [1.54, 1.807) is 30.3 Å². The van der Waals surface area contributed by atoms with Crippen molar-refractivity contribution in [3.63, 3.8) is 0 Å². The number of benzene rings is 3. The smallest absolute Gasteiger partial charge is 0.352 e. The lowest BCUT2D eigenvalue weighted by molar-refractivity contribution is -0.140. The average molecular weight is 719 g/mol. The lowest BCUT2D eigenvalue weighted by Crippen LogP contribution is -2.55. The Labute approximate surface area is 281 Å². The zero-order valence-electron chi connectivity index (χ0n) is 24.9. The summed E-state index contributed by atoms with van der Waals surface area (Å²) >= 11 is 18.6. The first-order valence-electron chi connectivity index (χ1n) is 14.6. The molecule has 14 heteroatoms. The maximum atomic E-state index is 14.3. The second-order valence-electron chi connectivity index (χ2n) is 11.3. The van der Waals surface area contributed by atoms with Gasteiger partial charge in [-0.05, 0) is 54.3 Å². The van der Waals surface area contributed by atoms with Crippen molar-refractivity contribution in [3.8, 4) is 0 Å². The van der Waals surface area contributed by atoms with Gasteiger partial charge < -0.3 is 10.2 Å². The minimum Gasteiger partial charge on any atom is -0.352 e. The van der Waals surface area contributed by atoms with Crippen molar-refractivity contribution in [1.29, 1.82) is 0 Å². The summed E-state index contributed by atoms with van der Waals surface area (Å²) in [6.45, 7) is -1.11. The van der Waals surface area contributed by atoms with Gasteiger partial charge in [-0.1, -0.05) is 90.5 Å². The molecular weight excluding hydrogens is 686 g/mol. The fourth-order valence-electron chi connectivity index (χ4n) is 5.41. The molecule has 46 heavy (non-hydrogen) atoms. The Bertz CT molecular complexity index is 1650. The number of alkyl halides is 3. The van der Waals surface area contributed by atoms with Gasteiger partial charge in [0.05, 0.1) is 32.6 Å². The van der Waals surface area contributed by atoms with Crippen LogP contribution in [0.25, 0.3) is 0 Å². The van der Waals surface area contributed by atoms with Crippen LogP contribution in [0.1, 0.15) is 48.8 Å². The molecule has 0 saturated heterocycles. The van der Waals surface area contributed by atoms with E-state index in [0.717, 1.165) is 56.1 Å². The van der Waals surface area contributed by atoms with Gasteiger partial charge in [0.15, 0.2) is 0 Å². The molecule has 3 aromatic carbocycles. The van der Waals surface area contributed by atoms with Crippen LogP contribution >= 0.6 is 34.8 Å². The molecule has 1 aliphatic carbocycles. The van der Waals surface area contributed by atoms with Gasteiger partial charge in [-0.15, -0.1) is 0 Å². The maximum absolute atomic E-state index is 14.3. The van der Waals surface area contributed by atoms with Crippen molar-refractivity contribution in [1.82, 2.24) is 10.2 Å². The van der Waals surface area contributed by atoms with Gasteiger partial charge in [0.1, 0.15) is 12.6 Å². The van der Waals surface area contributed by atoms with E-state index in [-0.39, 0.29) is 34.1 Å². The Hall–Kier alpha value is -2.99. The molecule has 2 amide bonds. The van der Waals surface area contributed by atoms with Crippen LogP contribution in [0.2, 0.25) is 15.1 Å². The largest absolute Gasteiger partial charge is 0.416 e. The van der Waals surface area contributed by atoms with Crippen LogP contribution in [0.15, 0.2) is 66.7 Å². The van der Waals surface area contributed by atoms with Crippen LogP contribution in [0.4, 0.5) is 18.9 Å². The van der Waals surface area contributed by atoms with Crippen molar-refractivity contribution >= 4 is 62.3 Å². The van der Waals surface area contributed by atoms with Crippen LogP contribution in [-0.2, 0) is 38.8 Å². The zero-order chi connectivity index (χ0) is 33.6. The quantitative estimate of drug-likeness (QED) is 0.222. The molecule has 0 aliphatic heterocycles. The van der Waals surface area contributed by atoms with Crippen molar-refractivity contribution in [2.75, 3.05) is 17.1 Å². The number of rotatable bonds is 11. The highest BCUT2D eigenvalue weighted by Crippen LogP contribution is 2.36. The molecule has 1 saturated carbocycles. The van der Waals surface area contributed by atoms with E-state index < -0.39 is 51.9 Å². The predicted molar refractivity (Wildman–Crippen MR) is 175 cm³/mol. The van der Waals surface area contributed by atoms with Crippen molar-refractivity contribution in [2.24, 2.45) is 0 Å². The second-order valence-corrected chi connectivity index (χ2v) is 14.4. The molecule has 0 radical (unpaired) electrons. The van der Waals surface area contributed by atoms with Gasteiger partial charge in [-0.3, -0.25) is 13.9 Å². The van der Waals surface area contributed by atoms with Crippen molar-refractivity contribution in [2.45, 2.75) is 63.3 Å². The number of nitrogens with one attached hydrogen (secondary N) is 1. The summed E-state index contributed by atoms with van der Waals surface area (Å²) in [4.78, 5) is 29.5. The monoisotopic (exact) mass is 717 g/mol. The minimum atomic E-state index is -4.80. The van der Waals surface area contributed by atoms with E-state index in [1.165, 1.54) is 17.0 Å². The summed E-state index contributed by atoms with van der Waals surface area (Å²) < 4.78 is 67.3. The van der Waals surface area contributed by atoms with E-state index in [9.17, 15) is 31.2 Å². The molecule has 248 valence electrons. The molecule has 3 aromatic rings. The molecule has 1 aliphatic rings.